The van der Waals surface area contributed by atoms with Gasteiger partial charge in [-0.3, -0.25) is 20.2 Å². The van der Waals surface area contributed by atoms with Crippen molar-refractivity contribution < 1.29 is 4.74 Å². The molecule has 3 heterocycles. The van der Waals surface area contributed by atoms with Crippen LogP contribution in [0.5, 0.6) is 0 Å². The van der Waals surface area contributed by atoms with Crippen molar-refractivity contribution in [2.45, 2.75) is 11.6 Å². The van der Waals surface area contributed by atoms with Crippen molar-refractivity contribution in [1.29, 1.82) is 10.7 Å². The van der Waals surface area contributed by atoms with E-state index in [4.69, 9.17) is 15.9 Å². The van der Waals surface area contributed by atoms with Gasteiger partial charge in [0.2, 0.25) is 0 Å². The molecule has 2 aliphatic heterocycles. The zero-order valence-electron chi connectivity index (χ0n) is 15.5. The van der Waals surface area contributed by atoms with E-state index in [0.29, 0.717) is 25.4 Å². The highest BCUT2D eigenvalue weighted by Crippen LogP contribution is 2.40. The van der Waals surface area contributed by atoms with Gasteiger partial charge in [-0.1, -0.05) is 45.9 Å². The summed E-state index contributed by atoms with van der Waals surface area (Å²) in [7, 11) is 0. The number of morpholine rings is 1. The van der Waals surface area contributed by atoms with Crippen molar-refractivity contribution in [3.05, 3.63) is 69.3 Å². The number of nitrogen functional groups attached to an aromatic ring is 1. The van der Waals surface area contributed by atoms with Gasteiger partial charge in [0.05, 0.1) is 18.4 Å². The molecule has 7 nitrogen and oxygen atoms in total. The highest BCUT2D eigenvalue weighted by Gasteiger charge is 2.36. The topological polar surface area (TPSA) is 102 Å². The molecule has 3 N–H and O–H groups in total. The Labute approximate surface area is 181 Å². The molecule has 2 aromatic rings. The smallest absolute Gasteiger partial charge is 0.186 e. The molecule has 0 spiro atoms. The first-order valence-electron chi connectivity index (χ1n) is 9.04. The molecule has 1 aromatic heterocycles. The predicted molar refractivity (Wildman–Crippen MR) is 116 cm³/mol. The molecule has 2 atom stereocenters. The van der Waals surface area contributed by atoms with Crippen molar-refractivity contribution in [2.24, 2.45) is 5.73 Å². The minimum Gasteiger partial charge on any atom is -0.382 e. The Bertz CT molecular complexity index is 1010. The first-order chi connectivity index (χ1) is 14.1. The fourth-order valence-electron chi connectivity index (χ4n) is 3.53. The first-order valence-corrected chi connectivity index (χ1v) is 10.8. The third-order valence-electron chi connectivity index (χ3n) is 4.86. The molecule has 2 unspecified atom stereocenters. The summed E-state index contributed by atoms with van der Waals surface area (Å²) in [4.78, 5) is 8.20. The molecule has 2 aliphatic rings. The van der Waals surface area contributed by atoms with Gasteiger partial charge in [0.25, 0.3) is 0 Å². The van der Waals surface area contributed by atoms with E-state index in [9.17, 15) is 5.26 Å². The minimum atomic E-state index is -0.257. The van der Waals surface area contributed by atoms with Crippen LogP contribution in [-0.2, 0) is 4.74 Å². The number of nitrogens with one attached hydrogen (secondary N) is 1. The highest BCUT2D eigenvalue weighted by molar-refractivity contribution is 9.10. The summed E-state index contributed by atoms with van der Waals surface area (Å²) in [5.41, 5.74) is 8.69. The molecule has 0 amide bonds. The number of amidine groups is 1. The van der Waals surface area contributed by atoms with Crippen LogP contribution in [0.1, 0.15) is 22.9 Å². The molecular weight excluding hydrogens is 452 g/mol. The standard InChI is InChI=1S/C20H19BrN6OS/c21-14-4-1-3-13(9-14)16-11-29-20(27(16)12-22)26-7-8-28-17(10-26)15-5-2-6-25-18(15)19(23)24/h1-6,9,11,17,20H,7-8,10H2,(H3,23,24). The Morgan fingerprint density at radius 1 is 1.38 bits per heavy atom. The molecule has 0 saturated carbocycles. The quantitative estimate of drug-likeness (QED) is 0.401. The summed E-state index contributed by atoms with van der Waals surface area (Å²) in [6, 6.07) is 11.7. The normalized spacial score (nSPS) is 22.2. The van der Waals surface area contributed by atoms with E-state index < -0.39 is 0 Å². The molecular formula is C20H19BrN6OS. The predicted octanol–water partition coefficient (Wildman–Crippen LogP) is 3.31. The van der Waals surface area contributed by atoms with Crippen molar-refractivity contribution in [3.8, 4) is 6.19 Å². The zero-order chi connectivity index (χ0) is 20.4. The number of rotatable bonds is 4. The highest BCUT2D eigenvalue weighted by atomic mass is 79.9. The van der Waals surface area contributed by atoms with E-state index in [1.54, 1.807) is 22.9 Å². The maximum Gasteiger partial charge on any atom is 0.186 e. The fraction of sp³-hybridized carbons (Fsp3) is 0.250. The number of ether oxygens (including phenoxy) is 1. The van der Waals surface area contributed by atoms with Crippen molar-refractivity contribution in [2.75, 3.05) is 19.7 Å². The zero-order valence-corrected chi connectivity index (χ0v) is 17.9. The minimum absolute atomic E-state index is 0.0752. The lowest BCUT2D eigenvalue weighted by Gasteiger charge is -2.39. The van der Waals surface area contributed by atoms with Crippen LogP contribution in [0.3, 0.4) is 0 Å². The molecule has 1 saturated heterocycles. The SMILES string of the molecule is N#CN1C(c2cccc(Br)c2)=CSC1N1CCOC(c2cccnc2C(=N)N)C1. The van der Waals surface area contributed by atoms with Crippen LogP contribution >= 0.6 is 27.7 Å². The third kappa shape index (κ3) is 4.02. The summed E-state index contributed by atoms with van der Waals surface area (Å²) >= 11 is 5.11. The number of halogens is 1. The van der Waals surface area contributed by atoms with Crippen molar-refractivity contribution >= 4 is 39.2 Å². The van der Waals surface area contributed by atoms with Gasteiger partial charge < -0.3 is 10.5 Å². The molecule has 4 rings (SSSR count). The van der Waals surface area contributed by atoms with Gasteiger partial charge in [0, 0.05) is 34.9 Å². The molecule has 1 aromatic carbocycles. The van der Waals surface area contributed by atoms with Gasteiger partial charge in [0.15, 0.2) is 6.19 Å². The fourth-order valence-corrected chi connectivity index (χ4v) is 5.08. The number of nitrogens with zero attached hydrogens (tertiary/aromatic N) is 4. The van der Waals surface area contributed by atoms with E-state index in [0.717, 1.165) is 21.3 Å². The van der Waals surface area contributed by atoms with Crippen LogP contribution in [0.25, 0.3) is 5.70 Å². The lowest BCUT2D eigenvalue weighted by molar-refractivity contribution is -0.0434. The lowest BCUT2D eigenvalue weighted by Crippen LogP contribution is -2.48. The number of benzene rings is 1. The van der Waals surface area contributed by atoms with Gasteiger partial charge >= 0.3 is 0 Å². The number of pyridine rings is 1. The number of hydrogen-bond acceptors (Lipinski definition) is 7. The second-order valence-electron chi connectivity index (χ2n) is 6.66. The van der Waals surface area contributed by atoms with Crippen LogP contribution < -0.4 is 5.73 Å². The van der Waals surface area contributed by atoms with Crippen molar-refractivity contribution in [3.63, 3.8) is 0 Å². The van der Waals surface area contributed by atoms with Crippen LogP contribution in [0.2, 0.25) is 0 Å². The summed E-state index contributed by atoms with van der Waals surface area (Å²) in [6.45, 7) is 1.82. The van der Waals surface area contributed by atoms with Crippen LogP contribution in [0.15, 0.2) is 52.5 Å². The second kappa shape index (κ2) is 8.55. The number of nitriles is 1. The van der Waals surface area contributed by atoms with E-state index in [2.05, 4.69) is 32.0 Å². The van der Waals surface area contributed by atoms with Crippen molar-refractivity contribution in [1.82, 2.24) is 14.8 Å². The number of nitrogens with two attached hydrogens (primary N) is 1. The Balaban J connectivity index is 1.55. The molecule has 29 heavy (non-hydrogen) atoms. The average molecular weight is 471 g/mol. The van der Waals surface area contributed by atoms with Gasteiger partial charge in [-0.05, 0) is 23.6 Å². The summed E-state index contributed by atoms with van der Waals surface area (Å²) in [5.74, 6) is -0.0752. The molecule has 9 heteroatoms. The monoisotopic (exact) mass is 470 g/mol. The Kier molecular flexibility index (Phi) is 5.87. The van der Waals surface area contributed by atoms with Crippen LogP contribution in [0, 0.1) is 16.9 Å². The van der Waals surface area contributed by atoms with Crippen LogP contribution in [-0.4, -0.2) is 45.8 Å². The summed E-state index contributed by atoms with van der Waals surface area (Å²) < 4.78 is 6.95. The summed E-state index contributed by atoms with van der Waals surface area (Å²) in [5, 5.41) is 19.7. The molecule has 0 aliphatic carbocycles. The molecule has 0 bridgehead atoms. The van der Waals surface area contributed by atoms with E-state index >= 15 is 0 Å². The van der Waals surface area contributed by atoms with Gasteiger partial charge in [-0.15, -0.1) is 0 Å². The Morgan fingerprint density at radius 2 is 2.24 bits per heavy atom. The number of hydrogen-bond donors (Lipinski definition) is 2. The Morgan fingerprint density at radius 3 is 3.00 bits per heavy atom. The third-order valence-corrected chi connectivity index (χ3v) is 6.47. The lowest BCUT2D eigenvalue weighted by atomic mass is 10.1. The maximum absolute atomic E-state index is 9.87. The van der Waals surface area contributed by atoms with Gasteiger partial charge in [0.1, 0.15) is 17.0 Å². The molecule has 148 valence electrons. The molecule has 1 fully saturated rings. The molecule has 0 radical (unpaired) electrons. The van der Waals surface area contributed by atoms with Gasteiger partial charge in [-0.2, -0.15) is 5.26 Å². The Hall–Kier alpha value is -2.38. The van der Waals surface area contributed by atoms with Crippen LogP contribution in [0.4, 0.5) is 0 Å². The average Bonchev–Trinajstić information content (AvgIpc) is 3.18. The van der Waals surface area contributed by atoms with E-state index in [1.807, 2.05) is 41.8 Å². The van der Waals surface area contributed by atoms with E-state index in [-0.39, 0.29) is 17.4 Å². The largest absolute Gasteiger partial charge is 0.382 e. The summed E-state index contributed by atoms with van der Waals surface area (Å²) in [6.07, 6.45) is 3.71. The van der Waals surface area contributed by atoms with E-state index in [1.165, 1.54) is 0 Å². The number of aromatic nitrogens is 1. The second-order valence-corrected chi connectivity index (χ2v) is 8.50. The first kappa shape index (κ1) is 19.9. The van der Waals surface area contributed by atoms with Gasteiger partial charge in [-0.25, -0.2) is 0 Å². The number of thioether (sulfide) groups is 1. The maximum atomic E-state index is 9.87.